The molecule has 0 bridgehead atoms. The molecule has 3 aromatic rings. The van der Waals surface area contributed by atoms with Gasteiger partial charge in [0.1, 0.15) is 16.2 Å². The number of benzene rings is 1. The molecule has 0 N–H and O–H groups in total. The second-order valence-corrected chi connectivity index (χ2v) is 10.0. The minimum absolute atomic E-state index is 0.159. The zero-order chi connectivity index (χ0) is 20.4. The van der Waals surface area contributed by atoms with Crippen LogP contribution in [-0.2, 0) is 11.3 Å². The fraction of sp³-hybridized carbons (Fsp3) is 0.409. The molecule has 1 saturated heterocycles. The highest BCUT2D eigenvalue weighted by Gasteiger charge is 2.26. The maximum Gasteiger partial charge on any atom is 0.235 e. The van der Waals surface area contributed by atoms with Crippen molar-refractivity contribution in [2.75, 3.05) is 26.2 Å². The van der Waals surface area contributed by atoms with Crippen LogP contribution in [-0.4, -0.2) is 57.1 Å². The lowest BCUT2D eigenvalue weighted by molar-refractivity contribution is -0.132. The number of aromatic nitrogens is 2. The third-order valence-electron chi connectivity index (χ3n) is 5.50. The molecule has 0 spiro atoms. The quantitative estimate of drug-likeness (QED) is 0.453. The standard InChI is InChI=1S/C22H26N4OS2/c1-15-16(2)28-20-19(15)21(24-14-23-20)29-17(3)22(27)26-11-9-25(10-12-26)13-18-7-5-4-6-8-18/h4-8,14,17H,9-13H2,1-3H3. The summed E-state index contributed by atoms with van der Waals surface area (Å²) in [6.07, 6.45) is 1.61. The van der Waals surface area contributed by atoms with Gasteiger partial charge in [-0.1, -0.05) is 42.1 Å². The van der Waals surface area contributed by atoms with E-state index < -0.39 is 0 Å². The minimum Gasteiger partial charge on any atom is -0.339 e. The van der Waals surface area contributed by atoms with E-state index in [1.54, 1.807) is 29.4 Å². The maximum atomic E-state index is 13.0. The van der Waals surface area contributed by atoms with Crippen molar-refractivity contribution < 1.29 is 4.79 Å². The summed E-state index contributed by atoms with van der Waals surface area (Å²) in [7, 11) is 0. The zero-order valence-electron chi connectivity index (χ0n) is 17.1. The lowest BCUT2D eigenvalue weighted by Gasteiger charge is -2.35. The van der Waals surface area contributed by atoms with Crippen molar-refractivity contribution in [2.24, 2.45) is 0 Å². The number of hydrogen-bond acceptors (Lipinski definition) is 6. The Bertz CT molecular complexity index is 997. The SMILES string of the molecule is Cc1sc2ncnc(SC(C)C(=O)N3CCN(Cc4ccccc4)CC3)c2c1C. The molecule has 1 amide bonds. The molecule has 2 aromatic heterocycles. The highest BCUT2D eigenvalue weighted by Crippen LogP contribution is 2.36. The topological polar surface area (TPSA) is 49.3 Å². The number of amides is 1. The summed E-state index contributed by atoms with van der Waals surface area (Å²) in [5.41, 5.74) is 2.55. The van der Waals surface area contributed by atoms with E-state index >= 15 is 0 Å². The first-order valence-corrected chi connectivity index (χ1v) is 11.6. The second-order valence-electron chi connectivity index (χ2n) is 7.49. The Morgan fingerprint density at radius 1 is 1.14 bits per heavy atom. The molecule has 29 heavy (non-hydrogen) atoms. The monoisotopic (exact) mass is 426 g/mol. The third-order valence-corrected chi connectivity index (χ3v) is 7.70. The average molecular weight is 427 g/mol. The van der Waals surface area contributed by atoms with Crippen molar-refractivity contribution in [2.45, 2.75) is 37.6 Å². The summed E-state index contributed by atoms with van der Waals surface area (Å²) >= 11 is 3.25. The Hall–Kier alpha value is -1.96. The summed E-state index contributed by atoms with van der Waals surface area (Å²) in [6.45, 7) is 10.6. The summed E-state index contributed by atoms with van der Waals surface area (Å²) < 4.78 is 0. The molecule has 0 radical (unpaired) electrons. The number of carbonyl (C=O) groups excluding carboxylic acids is 1. The summed E-state index contributed by atoms with van der Waals surface area (Å²) in [5, 5.41) is 1.86. The third kappa shape index (κ3) is 4.47. The number of thiophene rings is 1. The van der Waals surface area contributed by atoms with Crippen LogP contribution in [0.3, 0.4) is 0 Å². The molecule has 0 saturated carbocycles. The number of aryl methyl sites for hydroxylation is 2. The molecule has 0 aliphatic carbocycles. The van der Waals surface area contributed by atoms with Crippen LogP contribution in [0, 0.1) is 13.8 Å². The number of fused-ring (bicyclic) bond motifs is 1. The van der Waals surface area contributed by atoms with Gasteiger partial charge < -0.3 is 4.90 Å². The molecule has 1 atom stereocenters. The van der Waals surface area contributed by atoms with Gasteiger partial charge in [-0.25, -0.2) is 9.97 Å². The number of thioether (sulfide) groups is 1. The summed E-state index contributed by atoms with van der Waals surface area (Å²) in [6, 6.07) is 10.5. The van der Waals surface area contributed by atoms with E-state index in [2.05, 4.69) is 53.0 Å². The van der Waals surface area contributed by atoms with Crippen LogP contribution in [0.1, 0.15) is 22.9 Å². The fourth-order valence-electron chi connectivity index (χ4n) is 3.68. The van der Waals surface area contributed by atoms with Crippen molar-refractivity contribution >= 4 is 39.2 Å². The highest BCUT2D eigenvalue weighted by atomic mass is 32.2. The van der Waals surface area contributed by atoms with E-state index in [0.29, 0.717) is 0 Å². The first kappa shape index (κ1) is 20.3. The molecular weight excluding hydrogens is 400 g/mol. The second kappa shape index (κ2) is 8.81. The van der Waals surface area contributed by atoms with Gasteiger partial charge in [0.2, 0.25) is 5.91 Å². The first-order chi connectivity index (χ1) is 14.0. The van der Waals surface area contributed by atoms with Gasteiger partial charge in [-0.15, -0.1) is 11.3 Å². The van der Waals surface area contributed by atoms with Crippen molar-refractivity contribution in [1.82, 2.24) is 19.8 Å². The van der Waals surface area contributed by atoms with Crippen molar-refractivity contribution in [3.63, 3.8) is 0 Å². The lowest BCUT2D eigenvalue weighted by atomic mass is 10.2. The summed E-state index contributed by atoms with van der Waals surface area (Å²) in [5.74, 6) is 0.200. The van der Waals surface area contributed by atoms with Gasteiger partial charge in [0.05, 0.1) is 5.25 Å². The Kier molecular flexibility index (Phi) is 6.18. The first-order valence-electron chi connectivity index (χ1n) is 9.95. The van der Waals surface area contributed by atoms with Crippen LogP contribution >= 0.6 is 23.1 Å². The number of rotatable bonds is 5. The van der Waals surface area contributed by atoms with Crippen molar-refractivity contribution in [3.05, 3.63) is 52.7 Å². The molecule has 7 heteroatoms. The van der Waals surface area contributed by atoms with Gasteiger partial charge in [0.25, 0.3) is 0 Å². The van der Waals surface area contributed by atoms with Crippen LogP contribution in [0.25, 0.3) is 10.2 Å². The van der Waals surface area contributed by atoms with E-state index in [0.717, 1.165) is 48.0 Å². The van der Waals surface area contributed by atoms with Crippen LogP contribution in [0.4, 0.5) is 0 Å². The van der Waals surface area contributed by atoms with E-state index in [1.807, 2.05) is 17.9 Å². The van der Waals surface area contributed by atoms with Crippen LogP contribution in [0.5, 0.6) is 0 Å². The molecule has 1 aliphatic heterocycles. The molecule has 1 aromatic carbocycles. The molecular formula is C22H26N4OS2. The molecule has 5 nitrogen and oxygen atoms in total. The molecule has 1 aliphatic rings. The van der Waals surface area contributed by atoms with E-state index in [-0.39, 0.29) is 11.2 Å². The average Bonchev–Trinajstić information content (AvgIpc) is 3.03. The number of carbonyl (C=O) groups is 1. The molecule has 152 valence electrons. The van der Waals surface area contributed by atoms with Gasteiger partial charge in [-0.05, 0) is 31.9 Å². The van der Waals surface area contributed by atoms with E-state index in [9.17, 15) is 4.79 Å². The fourth-order valence-corrected chi connectivity index (χ4v) is 5.80. The van der Waals surface area contributed by atoms with Gasteiger partial charge in [0.15, 0.2) is 0 Å². The van der Waals surface area contributed by atoms with Gasteiger partial charge in [-0.2, -0.15) is 0 Å². The van der Waals surface area contributed by atoms with Gasteiger partial charge in [-0.3, -0.25) is 9.69 Å². The van der Waals surface area contributed by atoms with E-state index in [4.69, 9.17) is 0 Å². The van der Waals surface area contributed by atoms with Crippen LogP contribution < -0.4 is 0 Å². The smallest absolute Gasteiger partial charge is 0.235 e. The minimum atomic E-state index is -0.159. The normalized spacial score (nSPS) is 16.3. The Balaban J connectivity index is 1.37. The van der Waals surface area contributed by atoms with E-state index in [1.165, 1.54) is 16.0 Å². The largest absolute Gasteiger partial charge is 0.339 e. The molecule has 1 unspecified atom stereocenters. The van der Waals surface area contributed by atoms with Crippen molar-refractivity contribution in [3.8, 4) is 0 Å². The van der Waals surface area contributed by atoms with Gasteiger partial charge in [0, 0.05) is 43.0 Å². The van der Waals surface area contributed by atoms with Crippen LogP contribution in [0.2, 0.25) is 0 Å². The number of piperazine rings is 1. The van der Waals surface area contributed by atoms with Crippen molar-refractivity contribution in [1.29, 1.82) is 0 Å². The number of hydrogen-bond donors (Lipinski definition) is 0. The van der Waals surface area contributed by atoms with Crippen LogP contribution in [0.15, 0.2) is 41.7 Å². The molecule has 4 rings (SSSR count). The van der Waals surface area contributed by atoms with Gasteiger partial charge >= 0.3 is 0 Å². The highest BCUT2D eigenvalue weighted by molar-refractivity contribution is 8.00. The zero-order valence-corrected chi connectivity index (χ0v) is 18.7. The predicted octanol–water partition coefficient (Wildman–Crippen LogP) is 4.13. The summed E-state index contributed by atoms with van der Waals surface area (Å²) in [4.78, 5) is 28.6. The Morgan fingerprint density at radius 2 is 1.86 bits per heavy atom. The Morgan fingerprint density at radius 3 is 2.59 bits per heavy atom. The maximum absolute atomic E-state index is 13.0. The predicted molar refractivity (Wildman–Crippen MR) is 121 cm³/mol. The Labute approximate surface area is 180 Å². The lowest BCUT2D eigenvalue weighted by Crippen LogP contribution is -2.50. The molecule has 1 fully saturated rings. The molecule has 3 heterocycles. The number of nitrogens with zero attached hydrogens (tertiary/aromatic N) is 4.